The molecule has 1 aliphatic rings. The first-order valence-corrected chi connectivity index (χ1v) is 7.67. The first-order valence-electron chi connectivity index (χ1n) is 7.67. The lowest BCUT2D eigenvalue weighted by molar-refractivity contribution is 0.0520. The van der Waals surface area contributed by atoms with Crippen molar-refractivity contribution in [2.24, 2.45) is 0 Å². The Morgan fingerprint density at radius 1 is 1.17 bits per heavy atom. The van der Waals surface area contributed by atoms with Crippen molar-refractivity contribution < 1.29 is 9.53 Å². The van der Waals surface area contributed by atoms with Gasteiger partial charge in [0.2, 0.25) is 5.88 Å². The highest BCUT2D eigenvalue weighted by atomic mass is 16.5. The Labute approximate surface area is 134 Å². The number of hydrogen-bond acceptors (Lipinski definition) is 6. The summed E-state index contributed by atoms with van der Waals surface area (Å²) >= 11 is 0. The summed E-state index contributed by atoms with van der Waals surface area (Å²) in [5.74, 6) is 0.380. The van der Waals surface area contributed by atoms with Gasteiger partial charge in [-0.1, -0.05) is 0 Å². The highest BCUT2D eigenvalue weighted by molar-refractivity contribution is 5.92. The SMILES string of the molecule is Cc1cnc(C(=O)N2CCC[C@@H](Oc3ccc(C)nn3)C2)cn1. The van der Waals surface area contributed by atoms with Crippen molar-refractivity contribution in [2.75, 3.05) is 13.1 Å². The van der Waals surface area contributed by atoms with Crippen LogP contribution in [0.5, 0.6) is 5.88 Å². The third-order valence-corrected chi connectivity index (χ3v) is 3.73. The number of rotatable bonds is 3. The Morgan fingerprint density at radius 3 is 2.74 bits per heavy atom. The van der Waals surface area contributed by atoms with Crippen LogP contribution in [0.3, 0.4) is 0 Å². The molecular formula is C16H19N5O2. The predicted molar refractivity (Wildman–Crippen MR) is 83.1 cm³/mol. The molecule has 120 valence electrons. The Morgan fingerprint density at radius 2 is 2.04 bits per heavy atom. The minimum absolute atomic E-state index is 0.0805. The van der Waals surface area contributed by atoms with E-state index in [0.717, 1.165) is 24.2 Å². The van der Waals surface area contributed by atoms with Gasteiger partial charge in [-0.2, -0.15) is 5.10 Å². The monoisotopic (exact) mass is 313 g/mol. The maximum Gasteiger partial charge on any atom is 0.274 e. The number of hydrogen-bond donors (Lipinski definition) is 0. The standard InChI is InChI=1S/C16H19N5O2/c1-11-5-6-15(20-19-11)23-13-4-3-7-21(10-13)16(22)14-9-17-12(2)8-18-14/h5-6,8-9,13H,3-4,7,10H2,1-2H3/t13-/m1/s1. The molecule has 23 heavy (non-hydrogen) atoms. The van der Waals surface area contributed by atoms with Crippen LogP contribution in [-0.4, -0.2) is 50.2 Å². The molecule has 1 saturated heterocycles. The average molecular weight is 313 g/mol. The third-order valence-electron chi connectivity index (χ3n) is 3.73. The lowest BCUT2D eigenvalue weighted by Gasteiger charge is -2.32. The molecule has 1 amide bonds. The number of carbonyl (C=O) groups is 1. The van der Waals surface area contributed by atoms with E-state index in [2.05, 4.69) is 20.2 Å². The summed E-state index contributed by atoms with van der Waals surface area (Å²) < 4.78 is 5.84. The van der Waals surface area contributed by atoms with Crippen LogP contribution in [0.1, 0.15) is 34.7 Å². The number of nitrogens with zero attached hydrogens (tertiary/aromatic N) is 5. The topological polar surface area (TPSA) is 81.1 Å². The second kappa shape index (κ2) is 6.68. The zero-order chi connectivity index (χ0) is 16.2. The molecule has 1 aliphatic heterocycles. The molecule has 0 spiro atoms. The van der Waals surface area contributed by atoms with Gasteiger partial charge in [0, 0.05) is 18.8 Å². The van der Waals surface area contributed by atoms with Crippen molar-refractivity contribution in [1.29, 1.82) is 0 Å². The summed E-state index contributed by atoms with van der Waals surface area (Å²) in [5, 5.41) is 7.99. The van der Waals surface area contributed by atoms with E-state index in [1.807, 2.05) is 19.9 Å². The number of ether oxygens (including phenoxy) is 1. The molecule has 2 aromatic rings. The quantitative estimate of drug-likeness (QED) is 0.855. The summed E-state index contributed by atoms with van der Waals surface area (Å²) in [6, 6.07) is 3.66. The first-order chi connectivity index (χ1) is 11.1. The van der Waals surface area contributed by atoms with E-state index in [1.165, 1.54) is 6.20 Å². The molecule has 7 nitrogen and oxygen atoms in total. The van der Waals surface area contributed by atoms with Crippen LogP contribution in [0.2, 0.25) is 0 Å². The largest absolute Gasteiger partial charge is 0.471 e. The maximum atomic E-state index is 12.5. The van der Waals surface area contributed by atoms with Crippen LogP contribution in [0.15, 0.2) is 24.5 Å². The van der Waals surface area contributed by atoms with E-state index in [-0.39, 0.29) is 12.0 Å². The highest BCUT2D eigenvalue weighted by Crippen LogP contribution is 2.17. The lowest BCUT2D eigenvalue weighted by Crippen LogP contribution is -2.44. The highest BCUT2D eigenvalue weighted by Gasteiger charge is 2.26. The van der Waals surface area contributed by atoms with Gasteiger partial charge in [0.15, 0.2) is 0 Å². The fourth-order valence-corrected chi connectivity index (χ4v) is 2.50. The van der Waals surface area contributed by atoms with Gasteiger partial charge < -0.3 is 9.64 Å². The number of amides is 1. The molecule has 1 fully saturated rings. The van der Waals surface area contributed by atoms with Crippen molar-refractivity contribution in [3.63, 3.8) is 0 Å². The maximum absolute atomic E-state index is 12.5. The Bertz CT molecular complexity index is 672. The van der Waals surface area contributed by atoms with Gasteiger partial charge in [0.1, 0.15) is 11.8 Å². The van der Waals surface area contributed by atoms with Crippen molar-refractivity contribution in [3.8, 4) is 5.88 Å². The molecular weight excluding hydrogens is 294 g/mol. The fraction of sp³-hybridized carbons (Fsp3) is 0.438. The van der Waals surface area contributed by atoms with Crippen LogP contribution < -0.4 is 4.74 Å². The van der Waals surface area contributed by atoms with E-state index >= 15 is 0 Å². The van der Waals surface area contributed by atoms with E-state index in [1.54, 1.807) is 17.2 Å². The number of aromatic nitrogens is 4. The predicted octanol–water partition coefficient (Wildman–Crippen LogP) is 1.57. The molecule has 7 heteroatoms. The van der Waals surface area contributed by atoms with Gasteiger partial charge >= 0.3 is 0 Å². The molecule has 0 aromatic carbocycles. The third kappa shape index (κ3) is 3.80. The minimum atomic E-state index is -0.110. The van der Waals surface area contributed by atoms with Crippen LogP contribution in [-0.2, 0) is 0 Å². The first kappa shape index (κ1) is 15.3. The van der Waals surface area contributed by atoms with Gasteiger partial charge in [0.25, 0.3) is 5.91 Å². The van der Waals surface area contributed by atoms with Gasteiger partial charge in [-0.3, -0.25) is 9.78 Å². The van der Waals surface area contributed by atoms with Crippen molar-refractivity contribution in [3.05, 3.63) is 41.6 Å². The Balaban J connectivity index is 1.64. The molecule has 3 heterocycles. The molecule has 1 atom stereocenters. The summed E-state index contributed by atoms with van der Waals surface area (Å²) in [6.45, 7) is 4.94. The molecule has 0 bridgehead atoms. The lowest BCUT2D eigenvalue weighted by atomic mass is 10.1. The smallest absolute Gasteiger partial charge is 0.274 e. The van der Waals surface area contributed by atoms with Crippen LogP contribution in [0.25, 0.3) is 0 Å². The number of piperidine rings is 1. The van der Waals surface area contributed by atoms with E-state index in [4.69, 9.17) is 4.74 Å². The molecule has 2 aromatic heterocycles. The summed E-state index contributed by atoms with van der Waals surface area (Å²) in [4.78, 5) is 22.5. The van der Waals surface area contributed by atoms with Crippen LogP contribution >= 0.6 is 0 Å². The zero-order valence-corrected chi connectivity index (χ0v) is 13.3. The second-order valence-corrected chi connectivity index (χ2v) is 5.69. The summed E-state index contributed by atoms with van der Waals surface area (Å²) in [7, 11) is 0. The minimum Gasteiger partial charge on any atom is -0.471 e. The molecule has 0 aliphatic carbocycles. The fourth-order valence-electron chi connectivity index (χ4n) is 2.50. The van der Waals surface area contributed by atoms with Gasteiger partial charge in [-0.15, -0.1) is 5.10 Å². The van der Waals surface area contributed by atoms with Crippen molar-refractivity contribution in [1.82, 2.24) is 25.1 Å². The number of likely N-dealkylation sites (tertiary alicyclic amines) is 1. The van der Waals surface area contributed by atoms with Crippen molar-refractivity contribution in [2.45, 2.75) is 32.8 Å². The number of carbonyl (C=O) groups excluding carboxylic acids is 1. The normalized spacial score (nSPS) is 17.8. The molecule has 0 N–H and O–H groups in total. The Kier molecular flexibility index (Phi) is 4.45. The summed E-state index contributed by atoms with van der Waals surface area (Å²) in [5.41, 5.74) is 2.00. The molecule has 3 rings (SSSR count). The van der Waals surface area contributed by atoms with Crippen molar-refractivity contribution >= 4 is 5.91 Å². The number of aryl methyl sites for hydroxylation is 2. The van der Waals surface area contributed by atoms with E-state index < -0.39 is 0 Å². The zero-order valence-electron chi connectivity index (χ0n) is 13.3. The van der Waals surface area contributed by atoms with Crippen LogP contribution in [0.4, 0.5) is 0 Å². The van der Waals surface area contributed by atoms with Gasteiger partial charge in [0.05, 0.1) is 24.1 Å². The van der Waals surface area contributed by atoms with E-state index in [9.17, 15) is 4.79 Å². The van der Waals surface area contributed by atoms with Gasteiger partial charge in [-0.05, 0) is 32.8 Å². The Hall–Kier alpha value is -2.57. The van der Waals surface area contributed by atoms with Crippen LogP contribution in [0, 0.1) is 13.8 Å². The molecule has 0 saturated carbocycles. The molecule has 0 unspecified atom stereocenters. The second-order valence-electron chi connectivity index (χ2n) is 5.69. The molecule has 0 radical (unpaired) electrons. The average Bonchev–Trinajstić information content (AvgIpc) is 2.57. The van der Waals surface area contributed by atoms with Gasteiger partial charge in [-0.25, -0.2) is 4.98 Å². The van der Waals surface area contributed by atoms with E-state index in [0.29, 0.717) is 24.7 Å². The summed E-state index contributed by atoms with van der Waals surface area (Å²) in [6.07, 6.45) is 4.82.